The summed E-state index contributed by atoms with van der Waals surface area (Å²) in [5.74, 6) is 0. The van der Waals surface area contributed by atoms with E-state index in [9.17, 15) is 0 Å². The number of H-pyrrole nitrogens is 1. The summed E-state index contributed by atoms with van der Waals surface area (Å²) in [6.07, 6.45) is 6.67. The molecule has 98 valence electrons. The fourth-order valence-corrected chi connectivity index (χ4v) is 2.63. The first-order chi connectivity index (χ1) is 9.24. The Hall–Kier alpha value is -1.88. The Morgan fingerprint density at radius 3 is 3.00 bits per heavy atom. The van der Waals surface area contributed by atoms with E-state index in [-0.39, 0.29) is 0 Å². The van der Waals surface area contributed by atoms with Crippen molar-refractivity contribution in [2.24, 2.45) is 0 Å². The molecule has 0 aliphatic heterocycles. The largest absolute Gasteiger partial charge is 0.337 e. The van der Waals surface area contributed by atoms with Gasteiger partial charge in [0.15, 0.2) is 4.77 Å². The van der Waals surface area contributed by atoms with Crippen molar-refractivity contribution in [1.29, 1.82) is 0 Å². The lowest BCUT2D eigenvalue weighted by atomic mass is 10.2. The molecule has 0 aliphatic rings. The van der Waals surface area contributed by atoms with Gasteiger partial charge in [-0.1, -0.05) is 6.07 Å². The van der Waals surface area contributed by atoms with Crippen LogP contribution < -0.4 is 0 Å². The summed E-state index contributed by atoms with van der Waals surface area (Å²) in [5.41, 5.74) is 3.54. The molecule has 0 aliphatic carbocycles. The Labute approximate surface area is 116 Å². The van der Waals surface area contributed by atoms with E-state index in [0.29, 0.717) is 0 Å². The lowest BCUT2D eigenvalue weighted by Crippen LogP contribution is -2.02. The second-order valence-corrected chi connectivity index (χ2v) is 5.14. The standard InChI is InChI=1S/C14H16N4S/c1-11-3-4-13-12(9-11)16-14(19)18(13)7-2-6-17-8-5-15-10-17/h3-5,8-10H,2,6-7H2,1H3,(H,16,19). The number of fused-ring (bicyclic) bond motifs is 1. The van der Waals surface area contributed by atoms with Gasteiger partial charge in [-0.2, -0.15) is 0 Å². The third-order valence-electron chi connectivity index (χ3n) is 3.29. The van der Waals surface area contributed by atoms with Gasteiger partial charge in [0.1, 0.15) is 0 Å². The summed E-state index contributed by atoms with van der Waals surface area (Å²) >= 11 is 5.40. The number of aromatic amines is 1. The molecule has 4 nitrogen and oxygen atoms in total. The molecule has 0 saturated heterocycles. The third kappa shape index (κ3) is 2.46. The molecular weight excluding hydrogens is 256 g/mol. The molecule has 1 N–H and O–H groups in total. The minimum absolute atomic E-state index is 0.797. The smallest absolute Gasteiger partial charge is 0.178 e. The number of hydrogen-bond acceptors (Lipinski definition) is 2. The number of aromatic nitrogens is 4. The molecule has 3 rings (SSSR count). The van der Waals surface area contributed by atoms with E-state index in [1.165, 1.54) is 11.1 Å². The van der Waals surface area contributed by atoms with Crippen molar-refractivity contribution >= 4 is 23.3 Å². The van der Waals surface area contributed by atoms with Gasteiger partial charge in [0.25, 0.3) is 0 Å². The van der Waals surface area contributed by atoms with Crippen LogP contribution in [0.1, 0.15) is 12.0 Å². The average molecular weight is 272 g/mol. The molecule has 5 heteroatoms. The van der Waals surface area contributed by atoms with Crippen molar-refractivity contribution in [1.82, 2.24) is 19.1 Å². The Morgan fingerprint density at radius 2 is 2.21 bits per heavy atom. The van der Waals surface area contributed by atoms with Crippen LogP contribution in [0.15, 0.2) is 36.9 Å². The highest BCUT2D eigenvalue weighted by molar-refractivity contribution is 7.71. The van der Waals surface area contributed by atoms with Crippen LogP contribution in [-0.4, -0.2) is 19.1 Å². The van der Waals surface area contributed by atoms with Gasteiger partial charge in [-0.05, 0) is 43.3 Å². The monoisotopic (exact) mass is 272 g/mol. The van der Waals surface area contributed by atoms with Crippen molar-refractivity contribution < 1.29 is 0 Å². The van der Waals surface area contributed by atoms with Crippen LogP contribution >= 0.6 is 12.2 Å². The van der Waals surface area contributed by atoms with Gasteiger partial charge in [-0.25, -0.2) is 4.98 Å². The zero-order valence-electron chi connectivity index (χ0n) is 10.8. The second kappa shape index (κ2) is 5.01. The Balaban J connectivity index is 1.80. The minimum atomic E-state index is 0.797. The predicted octanol–water partition coefficient (Wildman–Crippen LogP) is 3.29. The topological polar surface area (TPSA) is 38.5 Å². The van der Waals surface area contributed by atoms with E-state index < -0.39 is 0 Å². The van der Waals surface area contributed by atoms with Gasteiger partial charge in [-0.3, -0.25) is 0 Å². The van der Waals surface area contributed by atoms with Gasteiger partial charge in [0, 0.05) is 25.5 Å². The summed E-state index contributed by atoms with van der Waals surface area (Å²) < 4.78 is 5.05. The van der Waals surface area contributed by atoms with Crippen molar-refractivity contribution in [3.63, 3.8) is 0 Å². The summed E-state index contributed by atoms with van der Waals surface area (Å²) in [5, 5.41) is 0. The third-order valence-corrected chi connectivity index (χ3v) is 3.61. The summed E-state index contributed by atoms with van der Waals surface area (Å²) in [4.78, 5) is 7.31. The summed E-state index contributed by atoms with van der Waals surface area (Å²) in [7, 11) is 0. The van der Waals surface area contributed by atoms with Gasteiger partial charge >= 0.3 is 0 Å². The molecule has 0 amide bonds. The molecular formula is C14H16N4S. The molecule has 0 saturated carbocycles. The second-order valence-electron chi connectivity index (χ2n) is 4.76. The average Bonchev–Trinajstić information content (AvgIpc) is 2.98. The fourth-order valence-electron chi connectivity index (χ4n) is 2.33. The highest BCUT2D eigenvalue weighted by Crippen LogP contribution is 2.16. The summed E-state index contributed by atoms with van der Waals surface area (Å²) in [6, 6.07) is 6.39. The lowest BCUT2D eigenvalue weighted by Gasteiger charge is -2.05. The number of aryl methyl sites for hydroxylation is 3. The number of hydrogen-bond donors (Lipinski definition) is 1. The maximum Gasteiger partial charge on any atom is 0.178 e. The van der Waals surface area contributed by atoms with Crippen LogP contribution in [0.4, 0.5) is 0 Å². The Bertz CT molecular complexity index is 736. The van der Waals surface area contributed by atoms with Gasteiger partial charge in [-0.15, -0.1) is 0 Å². The normalized spacial score (nSPS) is 11.2. The maximum absolute atomic E-state index is 5.40. The molecule has 3 aromatic rings. The first-order valence-electron chi connectivity index (χ1n) is 6.39. The molecule has 0 unspecified atom stereocenters. The van der Waals surface area contributed by atoms with Crippen LogP contribution in [-0.2, 0) is 13.1 Å². The number of imidazole rings is 2. The number of nitrogens with one attached hydrogen (secondary N) is 1. The number of benzene rings is 1. The van der Waals surface area contributed by atoms with Crippen LogP contribution in [0.5, 0.6) is 0 Å². The first-order valence-corrected chi connectivity index (χ1v) is 6.80. The predicted molar refractivity (Wildman–Crippen MR) is 78.7 cm³/mol. The molecule has 1 aromatic carbocycles. The van der Waals surface area contributed by atoms with Crippen LogP contribution in [0.2, 0.25) is 0 Å². The molecule has 2 heterocycles. The van der Waals surface area contributed by atoms with Gasteiger partial charge in [0.2, 0.25) is 0 Å². The summed E-state index contributed by atoms with van der Waals surface area (Å²) in [6.45, 7) is 3.97. The van der Waals surface area contributed by atoms with Crippen molar-refractivity contribution in [2.75, 3.05) is 0 Å². The highest BCUT2D eigenvalue weighted by atomic mass is 32.1. The fraction of sp³-hybridized carbons (Fsp3) is 0.286. The zero-order chi connectivity index (χ0) is 13.2. The van der Waals surface area contributed by atoms with Crippen molar-refractivity contribution in [2.45, 2.75) is 26.4 Å². The van der Waals surface area contributed by atoms with Crippen LogP contribution in [0, 0.1) is 11.7 Å². The van der Waals surface area contributed by atoms with E-state index >= 15 is 0 Å². The molecule has 0 radical (unpaired) electrons. The lowest BCUT2D eigenvalue weighted by molar-refractivity contribution is 0.568. The zero-order valence-corrected chi connectivity index (χ0v) is 11.7. The number of rotatable bonds is 4. The molecule has 0 atom stereocenters. The molecule has 2 aromatic heterocycles. The molecule has 0 fully saturated rings. The van der Waals surface area contributed by atoms with Gasteiger partial charge in [0.05, 0.1) is 17.4 Å². The quantitative estimate of drug-likeness (QED) is 0.740. The molecule has 0 bridgehead atoms. The van der Waals surface area contributed by atoms with Crippen molar-refractivity contribution in [3.05, 3.63) is 47.3 Å². The Morgan fingerprint density at radius 1 is 1.32 bits per heavy atom. The van der Waals surface area contributed by atoms with E-state index in [1.54, 1.807) is 6.20 Å². The molecule has 0 spiro atoms. The van der Waals surface area contributed by atoms with Crippen LogP contribution in [0.3, 0.4) is 0 Å². The van der Waals surface area contributed by atoms with Crippen LogP contribution in [0.25, 0.3) is 11.0 Å². The van der Waals surface area contributed by atoms with E-state index in [0.717, 1.165) is 29.8 Å². The minimum Gasteiger partial charge on any atom is -0.337 e. The molecule has 19 heavy (non-hydrogen) atoms. The van der Waals surface area contributed by atoms with E-state index in [4.69, 9.17) is 12.2 Å². The SMILES string of the molecule is Cc1ccc2c(c1)[nH]c(=S)n2CCCn1ccnc1. The van der Waals surface area contributed by atoms with E-state index in [2.05, 4.69) is 44.2 Å². The number of nitrogens with zero attached hydrogens (tertiary/aromatic N) is 3. The van der Waals surface area contributed by atoms with Gasteiger partial charge < -0.3 is 14.1 Å². The van der Waals surface area contributed by atoms with Crippen molar-refractivity contribution in [3.8, 4) is 0 Å². The maximum atomic E-state index is 5.40. The van der Waals surface area contributed by atoms with E-state index in [1.807, 2.05) is 12.5 Å². The highest BCUT2D eigenvalue weighted by Gasteiger charge is 2.04. The Kier molecular flexibility index (Phi) is 3.21. The first kappa shape index (κ1) is 12.2.